The van der Waals surface area contributed by atoms with E-state index in [0.717, 1.165) is 5.39 Å². The summed E-state index contributed by atoms with van der Waals surface area (Å²) < 4.78 is 14.5. The van der Waals surface area contributed by atoms with Crippen molar-refractivity contribution in [2.75, 3.05) is 6.54 Å². The molecule has 4 N–H and O–H groups in total. The van der Waals surface area contributed by atoms with Gasteiger partial charge in [-0.3, -0.25) is 14.6 Å². The molecule has 0 bridgehead atoms. The van der Waals surface area contributed by atoms with Crippen molar-refractivity contribution in [3.8, 4) is 0 Å². The summed E-state index contributed by atoms with van der Waals surface area (Å²) >= 11 is 0. The Morgan fingerprint density at radius 3 is 2.61 bits per heavy atom. The number of fused-ring (bicyclic) bond motifs is 1. The number of halogens is 1. The minimum absolute atomic E-state index is 0.0198. The fourth-order valence-electron chi connectivity index (χ4n) is 4.52. The standard InChI is InChI=1S/C27H30BFN4O5/c1-17(2)13-23(28(36)37)32-26(35)27(14-19-8-4-6-10-22(19)29)15-20(33-38-27)16-31-25(34)24-21-9-5-3-7-18(21)11-12-30-24/h3-12,17,23,36-37H,13-16H2,1-2H3,(H,31,34)(H,32,35)/t23-,27?/m0/s1. The van der Waals surface area contributed by atoms with Crippen LogP contribution in [0.1, 0.15) is 42.7 Å². The molecule has 0 spiro atoms. The topological polar surface area (TPSA) is 133 Å². The summed E-state index contributed by atoms with van der Waals surface area (Å²) in [6.45, 7) is 3.75. The number of rotatable bonds is 10. The Labute approximate surface area is 220 Å². The number of nitrogens with zero attached hydrogens (tertiary/aromatic N) is 2. The molecule has 2 aromatic carbocycles. The SMILES string of the molecule is CC(C)C[C@H](NC(=O)C1(Cc2ccccc2F)CC(CNC(=O)c2nccc3ccccc23)=NO1)B(O)O. The minimum atomic E-state index is -1.79. The number of aromatic nitrogens is 1. The zero-order chi connectivity index (χ0) is 27.3. The number of hydrogen-bond donors (Lipinski definition) is 4. The molecule has 11 heteroatoms. The Morgan fingerprint density at radius 2 is 1.87 bits per heavy atom. The minimum Gasteiger partial charge on any atom is -0.426 e. The molecular formula is C27H30BFN4O5. The van der Waals surface area contributed by atoms with Crippen LogP contribution in [-0.2, 0) is 16.1 Å². The summed E-state index contributed by atoms with van der Waals surface area (Å²) in [4.78, 5) is 36.3. The molecule has 1 unspecified atom stereocenters. The molecule has 0 fully saturated rings. The maximum atomic E-state index is 14.5. The Morgan fingerprint density at radius 1 is 1.13 bits per heavy atom. The number of pyridine rings is 1. The summed E-state index contributed by atoms with van der Waals surface area (Å²) in [6.07, 6.45) is 1.68. The van der Waals surface area contributed by atoms with E-state index in [1.165, 1.54) is 6.07 Å². The van der Waals surface area contributed by atoms with Crippen molar-refractivity contribution in [1.29, 1.82) is 0 Å². The van der Waals surface area contributed by atoms with Gasteiger partial charge in [-0.25, -0.2) is 4.39 Å². The van der Waals surface area contributed by atoms with E-state index in [4.69, 9.17) is 4.84 Å². The Hall–Kier alpha value is -3.83. The molecule has 2 atom stereocenters. The molecule has 2 amide bonds. The second kappa shape index (κ2) is 11.7. The second-order valence-electron chi connectivity index (χ2n) is 9.87. The van der Waals surface area contributed by atoms with Crippen molar-refractivity contribution < 1.29 is 28.9 Å². The van der Waals surface area contributed by atoms with Crippen molar-refractivity contribution in [3.63, 3.8) is 0 Å². The van der Waals surface area contributed by atoms with E-state index >= 15 is 0 Å². The predicted octanol–water partition coefficient (Wildman–Crippen LogP) is 2.40. The van der Waals surface area contributed by atoms with Gasteiger partial charge in [0.25, 0.3) is 11.8 Å². The Bertz CT molecular complexity index is 1350. The zero-order valence-electron chi connectivity index (χ0n) is 21.2. The number of carbonyl (C=O) groups is 2. The van der Waals surface area contributed by atoms with Gasteiger partial charge in [0.05, 0.1) is 18.2 Å². The largest absolute Gasteiger partial charge is 0.475 e. The molecule has 2 heterocycles. The van der Waals surface area contributed by atoms with Gasteiger partial charge in [0.15, 0.2) is 0 Å². The third kappa shape index (κ3) is 6.17. The van der Waals surface area contributed by atoms with Crippen LogP contribution in [0.5, 0.6) is 0 Å². The van der Waals surface area contributed by atoms with Gasteiger partial charge in [-0.15, -0.1) is 0 Å². The molecule has 1 aliphatic heterocycles. The molecule has 0 saturated carbocycles. The first-order chi connectivity index (χ1) is 18.2. The second-order valence-corrected chi connectivity index (χ2v) is 9.87. The van der Waals surface area contributed by atoms with E-state index < -0.39 is 36.3 Å². The molecule has 9 nitrogen and oxygen atoms in total. The average Bonchev–Trinajstić information content (AvgIpc) is 3.31. The fraction of sp³-hybridized carbons (Fsp3) is 0.333. The van der Waals surface area contributed by atoms with Crippen molar-refractivity contribution in [2.45, 2.75) is 44.7 Å². The van der Waals surface area contributed by atoms with Crippen LogP contribution in [0.25, 0.3) is 10.8 Å². The van der Waals surface area contributed by atoms with Crippen LogP contribution in [-0.4, -0.2) is 57.8 Å². The highest BCUT2D eigenvalue weighted by molar-refractivity contribution is 6.43. The normalized spacial score (nSPS) is 17.6. The van der Waals surface area contributed by atoms with Crippen LogP contribution in [0.4, 0.5) is 4.39 Å². The molecular weight excluding hydrogens is 490 g/mol. The van der Waals surface area contributed by atoms with Gasteiger partial charge in [-0.2, -0.15) is 0 Å². The lowest BCUT2D eigenvalue weighted by Gasteiger charge is -2.29. The molecule has 198 valence electrons. The van der Waals surface area contributed by atoms with Gasteiger partial charge in [0.2, 0.25) is 5.60 Å². The van der Waals surface area contributed by atoms with Gasteiger partial charge < -0.3 is 25.5 Å². The zero-order valence-corrected chi connectivity index (χ0v) is 21.2. The van der Waals surface area contributed by atoms with Crippen LogP contribution >= 0.6 is 0 Å². The molecule has 0 aliphatic carbocycles. The maximum Gasteiger partial charge on any atom is 0.475 e. The van der Waals surface area contributed by atoms with Gasteiger partial charge in [-0.1, -0.05) is 61.5 Å². The molecule has 38 heavy (non-hydrogen) atoms. The van der Waals surface area contributed by atoms with E-state index in [-0.39, 0.29) is 36.6 Å². The molecule has 1 aliphatic rings. The summed E-state index contributed by atoms with van der Waals surface area (Å²) in [7, 11) is -1.79. The Kier molecular flexibility index (Phi) is 8.38. The fourth-order valence-corrected chi connectivity index (χ4v) is 4.52. The van der Waals surface area contributed by atoms with E-state index in [0.29, 0.717) is 17.5 Å². The number of benzene rings is 2. The molecule has 0 radical (unpaired) electrons. The van der Waals surface area contributed by atoms with Crippen LogP contribution < -0.4 is 10.6 Å². The average molecular weight is 520 g/mol. The summed E-state index contributed by atoms with van der Waals surface area (Å²) in [5, 5.41) is 30.7. The van der Waals surface area contributed by atoms with Crippen LogP contribution in [0.2, 0.25) is 0 Å². The highest BCUT2D eigenvalue weighted by Gasteiger charge is 2.48. The third-order valence-electron chi connectivity index (χ3n) is 6.43. The lowest BCUT2D eigenvalue weighted by molar-refractivity contribution is -0.144. The van der Waals surface area contributed by atoms with Crippen molar-refractivity contribution in [3.05, 3.63) is 77.9 Å². The molecule has 1 aromatic heterocycles. The number of carbonyl (C=O) groups excluding carboxylic acids is 2. The van der Waals surface area contributed by atoms with Gasteiger partial charge in [0, 0.05) is 24.4 Å². The van der Waals surface area contributed by atoms with Crippen LogP contribution in [0.15, 0.2) is 65.9 Å². The first-order valence-corrected chi connectivity index (χ1v) is 12.4. The number of oxime groups is 1. The lowest BCUT2D eigenvalue weighted by Crippen LogP contribution is -2.56. The molecule has 0 saturated heterocycles. The van der Waals surface area contributed by atoms with Crippen LogP contribution in [0, 0.1) is 11.7 Å². The maximum absolute atomic E-state index is 14.5. The highest BCUT2D eigenvalue weighted by Crippen LogP contribution is 2.30. The van der Waals surface area contributed by atoms with Gasteiger partial charge in [-0.05, 0) is 35.4 Å². The first kappa shape index (κ1) is 27.2. The van der Waals surface area contributed by atoms with E-state index in [1.807, 2.05) is 38.1 Å². The quantitative estimate of drug-likeness (QED) is 0.304. The van der Waals surface area contributed by atoms with Crippen LogP contribution in [0.3, 0.4) is 0 Å². The van der Waals surface area contributed by atoms with Crippen molar-refractivity contribution >= 4 is 35.4 Å². The van der Waals surface area contributed by atoms with E-state index in [1.54, 1.807) is 30.5 Å². The number of amides is 2. The molecule has 3 aromatic rings. The van der Waals surface area contributed by atoms with Crippen molar-refractivity contribution in [1.82, 2.24) is 15.6 Å². The monoisotopic (exact) mass is 520 g/mol. The van der Waals surface area contributed by atoms with Crippen molar-refractivity contribution in [2.24, 2.45) is 11.1 Å². The first-order valence-electron chi connectivity index (χ1n) is 12.4. The molecule has 4 rings (SSSR count). The number of hydrogen-bond acceptors (Lipinski definition) is 7. The lowest BCUT2D eigenvalue weighted by atomic mass is 9.74. The predicted molar refractivity (Wildman–Crippen MR) is 142 cm³/mol. The number of nitrogens with one attached hydrogen (secondary N) is 2. The summed E-state index contributed by atoms with van der Waals surface area (Å²) in [6, 6.07) is 15.2. The highest BCUT2D eigenvalue weighted by atomic mass is 19.1. The van der Waals surface area contributed by atoms with Gasteiger partial charge >= 0.3 is 7.12 Å². The Balaban J connectivity index is 1.51. The smallest absolute Gasteiger partial charge is 0.426 e. The summed E-state index contributed by atoms with van der Waals surface area (Å²) in [5.41, 5.74) is -0.765. The third-order valence-corrected chi connectivity index (χ3v) is 6.43. The van der Waals surface area contributed by atoms with E-state index in [9.17, 15) is 24.0 Å². The summed E-state index contributed by atoms with van der Waals surface area (Å²) in [5.74, 6) is -2.46. The van der Waals surface area contributed by atoms with E-state index in [2.05, 4.69) is 20.8 Å². The van der Waals surface area contributed by atoms with Gasteiger partial charge in [0.1, 0.15) is 11.5 Å².